The molecule has 1 saturated heterocycles. The van der Waals surface area contributed by atoms with Crippen LogP contribution in [0.5, 0.6) is 0 Å². The molecule has 144 valence electrons. The van der Waals surface area contributed by atoms with Gasteiger partial charge in [0.1, 0.15) is 5.82 Å². The van der Waals surface area contributed by atoms with Crippen molar-refractivity contribution in [1.29, 1.82) is 0 Å². The molecule has 1 aliphatic heterocycles. The molecule has 0 spiro atoms. The SMILES string of the molecule is OC(CC1COCCN1c1ccc2nnc(-c3ccsc3)n2n1)c1cccs1. The number of ether oxygens (including phenoxy) is 1. The molecule has 7 nitrogen and oxygen atoms in total. The summed E-state index contributed by atoms with van der Waals surface area (Å²) in [5.41, 5.74) is 1.72. The van der Waals surface area contributed by atoms with Crippen LogP contribution in [-0.2, 0) is 4.74 Å². The van der Waals surface area contributed by atoms with Crippen LogP contribution >= 0.6 is 22.7 Å². The van der Waals surface area contributed by atoms with Crippen LogP contribution in [0.3, 0.4) is 0 Å². The third kappa shape index (κ3) is 3.30. The summed E-state index contributed by atoms with van der Waals surface area (Å²) in [5.74, 6) is 1.58. The van der Waals surface area contributed by atoms with Gasteiger partial charge < -0.3 is 14.7 Å². The fourth-order valence-corrected chi connectivity index (χ4v) is 4.87. The minimum atomic E-state index is -0.505. The minimum Gasteiger partial charge on any atom is -0.387 e. The van der Waals surface area contributed by atoms with Crippen molar-refractivity contribution < 1.29 is 9.84 Å². The topological polar surface area (TPSA) is 75.8 Å². The van der Waals surface area contributed by atoms with Gasteiger partial charge in [0.15, 0.2) is 11.5 Å². The lowest BCUT2D eigenvalue weighted by Gasteiger charge is -2.37. The quantitative estimate of drug-likeness (QED) is 0.541. The Bertz CT molecular complexity index is 1050. The fourth-order valence-electron chi connectivity index (χ4n) is 3.51. The molecule has 0 amide bonds. The van der Waals surface area contributed by atoms with Gasteiger partial charge in [-0.3, -0.25) is 0 Å². The summed E-state index contributed by atoms with van der Waals surface area (Å²) in [7, 11) is 0. The second kappa shape index (κ2) is 7.59. The van der Waals surface area contributed by atoms with E-state index in [-0.39, 0.29) is 6.04 Å². The maximum absolute atomic E-state index is 10.6. The molecule has 4 aromatic rings. The summed E-state index contributed by atoms with van der Waals surface area (Å²) in [5, 5.41) is 30.0. The number of hydrogen-bond acceptors (Lipinski definition) is 8. The van der Waals surface area contributed by atoms with E-state index in [4.69, 9.17) is 9.84 Å². The largest absolute Gasteiger partial charge is 0.387 e. The van der Waals surface area contributed by atoms with E-state index < -0.39 is 6.10 Å². The van der Waals surface area contributed by atoms with Crippen LogP contribution in [0.1, 0.15) is 17.4 Å². The zero-order valence-electron chi connectivity index (χ0n) is 15.0. The number of thiophene rings is 2. The molecular weight excluding hydrogens is 394 g/mol. The van der Waals surface area contributed by atoms with Gasteiger partial charge >= 0.3 is 0 Å². The van der Waals surface area contributed by atoms with Crippen molar-refractivity contribution in [2.75, 3.05) is 24.7 Å². The van der Waals surface area contributed by atoms with Crippen LogP contribution in [0.2, 0.25) is 0 Å². The molecule has 0 aromatic carbocycles. The van der Waals surface area contributed by atoms with Crippen LogP contribution in [0.15, 0.2) is 46.5 Å². The predicted octanol–water partition coefficient (Wildman–Crippen LogP) is 3.24. The summed E-state index contributed by atoms with van der Waals surface area (Å²) < 4.78 is 7.49. The average Bonchev–Trinajstić information content (AvgIpc) is 3.48. The van der Waals surface area contributed by atoms with Gasteiger partial charge in [0.05, 0.1) is 25.4 Å². The zero-order chi connectivity index (χ0) is 18.9. The Labute approximate surface area is 169 Å². The van der Waals surface area contributed by atoms with Crippen LogP contribution in [0, 0.1) is 0 Å². The van der Waals surface area contributed by atoms with E-state index in [1.165, 1.54) is 0 Å². The summed E-state index contributed by atoms with van der Waals surface area (Å²) >= 11 is 3.20. The Morgan fingerprint density at radius 1 is 1.21 bits per heavy atom. The number of hydrogen-bond donors (Lipinski definition) is 1. The number of aliphatic hydroxyl groups excluding tert-OH is 1. The standard InChI is InChI=1S/C19H19N5O2S2/c25-15(16-2-1-8-28-16)10-14-11-26-7-6-23(14)18-4-3-17-20-21-19(24(17)22-18)13-5-9-27-12-13/h1-5,8-9,12,14-15,25H,6-7,10-11H2. The van der Waals surface area contributed by atoms with Crippen molar-refractivity contribution in [3.05, 3.63) is 51.3 Å². The highest BCUT2D eigenvalue weighted by atomic mass is 32.1. The summed E-state index contributed by atoms with van der Waals surface area (Å²) in [6.07, 6.45) is 0.0917. The summed E-state index contributed by atoms with van der Waals surface area (Å²) in [6.45, 7) is 1.95. The van der Waals surface area contributed by atoms with E-state index in [2.05, 4.69) is 15.1 Å². The number of anilines is 1. The zero-order valence-corrected chi connectivity index (χ0v) is 16.6. The second-order valence-electron chi connectivity index (χ2n) is 6.69. The summed E-state index contributed by atoms with van der Waals surface area (Å²) in [4.78, 5) is 3.20. The molecule has 4 aromatic heterocycles. The Balaban J connectivity index is 1.46. The van der Waals surface area contributed by atoms with E-state index in [9.17, 15) is 5.11 Å². The smallest absolute Gasteiger partial charge is 0.186 e. The summed E-state index contributed by atoms with van der Waals surface area (Å²) in [6, 6.07) is 9.91. The number of morpholine rings is 1. The van der Waals surface area contributed by atoms with E-state index >= 15 is 0 Å². The van der Waals surface area contributed by atoms with Crippen molar-refractivity contribution in [2.24, 2.45) is 0 Å². The number of fused-ring (bicyclic) bond motifs is 1. The number of aromatic nitrogens is 4. The molecule has 1 fully saturated rings. The number of nitrogens with zero attached hydrogens (tertiary/aromatic N) is 5. The molecule has 5 rings (SSSR count). The van der Waals surface area contributed by atoms with Gasteiger partial charge in [0.25, 0.3) is 0 Å². The number of rotatable bonds is 5. The lowest BCUT2D eigenvalue weighted by molar-refractivity contribution is 0.0683. The first-order valence-corrected chi connectivity index (χ1v) is 10.9. The highest BCUT2D eigenvalue weighted by molar-refractivity contribution is 7.10. The average molecular weight is 414 g/mol. The molecule has 0 saturated carbocycles. The first-order chi connectivity index (χ1) is 13.8. The first-order valence-electron chi connectivity index (χ1n) is 9.10. The minimum absolute atomic E-state index is 0.0527. The Morgan fingerprint density at radius 3 is 3.00 bits per heavy atom. The van der Waals surface area contributed by atoms with Gasteiger partial charge in [-0.05, 0) is 35.0 Å². The van der Waals surface area contributed by atoms with Gasteiger partial charge in [-0.1, -0.05) is 6.07 Å². The fraction of sp³-hybridized carbons (Fsp3) is 0.316. The molecule has 2 unspecified atom stereocenters. The number of aliphatic hydroxyl groups is 1. The van der Waals surface area contributed by atoms with Gasteiger partial charge in [-0.25, -0.2) is 0 Å². The third-order valence-electron chi connectivity index (χ3n) is 4.92. The van der Waals surface area contributed by atoms with E-state index in [0.29, 0.717) is 25.3 Å². The molecule has 0 bridgehead atoms. The van der Waals surface area contributed by atoms with Gasteiger partial charge in [0, 0.05) is 28.8 Å². The molecule has 1 aliphatic rings. The van der Waals surface area contributed by atoms with Crippen LogP contribution in [0.25, 0.3) is 17.0 Å². The molecule has 1 N–H and O–H groups in total. The van der Waals surface area contributed by atoms with Crippen molar-refractivity contribution in [3.8, 4) is 11.4 Å². The van der Waals surface area contributed by atoms with Crippen molar-refractivity contribution in [3.63, 3.8) is 0 Å². The first kappa shape index (κ1) is 17.7. The highest BCUT2D eigenvalue weighted by Gasteiger charge is 2.28. The molecule has 5 heterocycles. The van der Waals surface area contributed by atoms with Gasteiger partial charge in [-0.2, -0.15) is 15.9 Å². The lowest BCUT2D eigenvalue weighted by Crippen LogP contribution is -2.46. The molecule has 28 heavy (non-hydrogen) atoms. The highest BCUT2D eigenvalue weighted by Crippen LogP contribution is 2.28. The molecular formula is C19H19N5O2S2. The molecule has 9 heteroatoms. The van der Waals surface area contributed by atoms with E-state index in [1.54, 1.807) is 27.2 Å². The lowest BCUT2D eigenvalue weighted by atomic mass is 10.1. The maximum atomic E-state index is 10.6. The Morgan fingerprint density at radius 2 is 2.18 bits per heavy atom. The Hall–Kier alpha value is -2.33. The van der Waals surface area contributed by atoms with Gasteiger partial charge in [-0.15, -0.1) is 26.6 Å². The normalized spacial score (nSPS) is 18.6. The third-order valence-corrected chi connectivity index (χ3v) is 6.57. The van der Waals surface area contributed by atoms with Crippen LogP contribution < -0.4 is 4.90 Å². The van der Waals surface area contributed by atoms with E-state index in [0.717, 1.165) is 28.6 Å². The van der Waals surface area contributed by atoms with Crippen LogP contribution in [0.4, 0.5) is 5.82 Å². The maximum Gasteiger partial charge on any atom is 0.186 e. The molecule has 2 atom stereocenters. The Kier molecular flexibility index (Phi) is 4.81. The monoisotopic (exact) mass is 413 g/mol. The van der Waals surface area contributed by atoms with Crippen LogP contribution in [-0.4, -0.2) is 50.7 Å². The van der Waals surface area contributed by atoms with E-state index in [1.807, 2.05) is 46.5 Å². The second-order valence-corrected chi connectivity index (χ2v) is 8.45. The molecule has 0 aliphatic carbocycles. The predicted molar refractivity (Wildman–Crippen MR) is 110 cm³/mol. The van der Waals surface area contributed by atoms with Crippen molar-refractivity contribution >= 4 is 34.1 Å². The van der Waals surface area contributed by atoms with Crippen molar-refractivity contribution in [1.82, 2.24) is 19.8 Å². The van der Waals surface area contributed by atoms with Crippen molar-refractivity contribution in [2.45, 2.75) is 18.6 Å². The molecule has 0 radical (unpaired) electrons. The van der Waals surface area contributed by atoms with Gasteiger partial charge in [0.2, 0.25) is 0 Å².